The normalized spacial score (nSPS) is 14.7. The van der Waals surface area contributed by atoms with Gasteiger partial charge in [0.25, 0.3) is 5.91 Å². The predicted octanol–water partition coefficient (Wildman–Crippen LogP) is 2.64. The second kappa shape index (κ2) is 8.77. The van der Waals surface area contributed by atoms with Crippen LogP contribution < -0.4 is 5.32 Å². The molecule has 8 heteroatoms. The molecule has 1 aliphatic rings. The molecule has 0 atom stereocenters. The molecule has 2 amide bonds. The summed E-state index contributed by atoms with van der Waals surface area (Å²) in [7, 11) is 0. The fourth-order valence-electron chi connectivity index (χ4n) is 3.26. The third-order valence-corrected chi connectivity index (χ3v) is 4.75. The molecule has 0 unspecified atom stereocenters. The number of likely N-dealkylation sites (tertiary alicyclic amines) is 1. The number of rotatable bonds is 5. The van der Waals surface area contributed by atoms with Crippen LogP contribution in [-0.4, -0.2) is 55.2 Å². The monoisotopic (exact) mass is 388 g/mol. The number of benzene rings is 1. The first-order valence-electron chi connectivity index (χ1n) is 9.36. The quantitative estimate of drug-likeness (QED) is 0.791. The SMILES string of the molecule is CCOC(=O)N1CCC(NC(=O)COC(=O)c2oc3ccccc3c2C)CC1. The van der Waals surface area contributed by atoms with Crippen molar-refractivity contribution in [2.24, 2.45) is 0 Å². The zero-order valence-electron chi connectivity index (χ0n) is 16.0. The van der Waals surface area contributed by atoms with Gasteiger partial charge >= 0.3 is 12.1 Å². The number of furan rings is 1. The number of esters is 1. The highest BCUT2D eigenvalue weighted by atomic mass is 16.6. The van der Waals surface area contributed by atoms with E-state index < -0.39 is 5.97 Å². The number of aryl methyl sites for hydroxylation is 1. The summed E-state index contributed by atoms with van der Waals surface area (Å²) in [6, 6.07) is 7.25. The number of ether oxygens (including phenoxy) is 2. The highest BCUT2D eigenvalue weighted by Crippen LogP contribution is 2.25. The molecule has 1 saturated heterocycles. The van der Waals surface area contributed by atoms with Gasteiger partial charge in [-0.15, -0.1) is 0 Å². The van der Waals surface area contributed by atoms with Gasteiger partial charge < -0.3 is 24.1 Å². The Morgan fingerprint density at radius 1 is 1.18 bits per heavy atom. The first kappa shape index (κ1) is 19.7. The van der Waals surface area contributed by atoms with Gasteiger partial charge in [0.05, 0.1) is 6.61 Å². The summed E-state index contributed by atoms with van der Waals surface area (Å²) < 4.78 is 15.6. The first-order chi connectivity index (χ1) is 13.5. The van der Waals surface area contributed by atoms with Crippen molar-refractivity contribution in [3.05, 3.63) is 35.6 Å². The van der Waals surface area contributed by atoms with Crippen molar-refractivity contribution in [3.63, 3.8) is 0 Å². The van der Waals surface area contributed by atoms with E-state index in [-0.39, 0.29) is 30.4 Å². The van der Waals surface area contributed by atoms with Crippen LogP contribution in [0.3, 0.4) is 0 Å². The van der Waals surface area contributed by atoms with E-state index in [0.717, 1.165) is 5.39 Å². The largest absolute Gasteiger partial charge is 0.450 e. The molecule has 1 N–H and O–H groups in total. The summed E-state index contributed by atoms with van der Waals surface area (Å²) in [6.07, 6.45) is 0.921. The standard InChI is InChI=1S/C20H24N2O6/c1-3-26-20(25)22-10-8-14(9-11-22)21-17(23)12-27-19(24)18-13(2)15-6-4-5-7-16(15)28-18/h4-7,14H,3,8-12H2,1-2H3,(H,21,23). The lowest BCUT2D eigenvalue weighted by Gasteiger charge is -2.31. The smallest absolute Gasteiger partial charge is 0.409 e. The number of hydrogen-bond acceptors (Lipinski definition) is 6. The molecule has 2 aromatic rings. The molecule has 0 aliphatic carbocycles. The summed E-state index contributed by atoms with van der Waals surface area (Å²) in [4.78, 5) is 37.7. The molecule has 2 heterocycles. The van der Waals surface area contributed by atoms with Gasteiger partial charge in [-0.1, -0.05) is 18.2 Å². The van der Waals surface area contributed by atoms with Crippen LogP contribution in [0.25, 0.3) is 11.0 Å². The van der Waals surface area contributed by atoms with Crippen molar-refractivity contribution < 1.29 is 28.3 Å². The Balaban J connectivity index is 1.46. The van der Waals surface area contributed by atoms with Crippen LogP contribution in [0.5, 0.6) is 0 Å². The molecular weight excluding hydrogens is 364 g/mol. The lowest BCUT2D eigenvalue weighted by molar-refractivity contribution is -0.125. The predicted molar refractivity (Wildman–Crippen MR) is 101 cm³/mol. The summed E-state index contributed by atoms with van der Waals surface area (Å²) in [5.41, 5.74) is 1.29. The average molecular weight is 388 g/mol. The van der Waals surface area contributed by atoms with Crippen LogP contribution in [0, 0.1) is 6.92 Å². The van der Waals surface area contributed by atoms with E-state index in [0.29, 0.717) is 43.7 Å². The lowest BCUT2D eigenvalue weighted by atomic mass is 10.1. The Bertz CT molecular complexity index is 867. The second-order valence-electron chi connectivity index (χ2n) is 6.66. The van der Waals surface area contributed by atoms with E-state index in [1.165, 1.54) is 0 Å². The summed E-state index contributed by atoms with van der Waals surface area (Å²) in [6.45, 7) is 4.53. The molecule has 1 aliphatic heterocycles. The number of amides is 2. The maximum absolute atomic E-state index is 12.3. The van der Waals surface area contributed by atoms with Crippen LogP contribution in [0.4, 0.5) is 4.79 Å². The van der Waals surface area contributed by atoms with Gasteiger partial charge in [0.1, 0.15) is 5.58 Å². The van der Waals surface area contributed by atoms with Crippen molar-refractivity contribution in [2.45, 2.75) is 32.7 Å². The minimum Gasteiger partial charge on any atom is -0.450 e. The summed E-state index contributed by atoms with van der Waals surface area (Å²) in [5, 5.41) is 3.67. The topological polar surface area (TPSA) is 98.1 Å². The maximum atomic E-state index is 12.3. The minimum absolute atomic E-state index is 0.0650. The van der Waals surface area contributed by atoms with Crippen LogP contribution in [0.1, 0.15) is 35.9 Å². The van der Waals surface area contributed by atoms with Crippen molar-refractivity contribution in [1.29, 1.82) is 0 Å². The average Bonchev–Trinajstić information content (AvgIpc) is 3.04. The summed E-state index contributed by atoms with van der Waals surface area (Å²) in [5.74, 6) is -0.936. The number of nitrogens with zero attached hydrogens (tertiary/aromatic N) is 1. The number of para-hydroxylation sites is 1. The Kier molecular flexibility index (Phi) is 6.18. The lowest BCUT2D eigenvalue weighted by Crippen LogP contribution is -2.47. The molecule has 8 nitrogen and oxygen atoms in total. The van der Waals surface area contributed by atoms with Gasteiger partial charge in [-0.3, -0.25) is 4.79 Å². The number of carbonyl (C=O) groups is 3. The van der Waals surface area contributed by atoms with E-state index in [1.807, 2.05) is 18.2 Å². The minimum atomic E-state index is -0.666. The molecule has 0 bridgehead atoms. The van der Waals surface area contributed by atoms with Gasteiger partial charge in [0.2, 0.25) is 5.76 Å². The Hall–Kier alpha value is -3.03. The van der Waals surface area contributed by atoms with Crippen LogP contribution in [0.2, 0.25) is 0 Å². The molecular formula is C20H24N2O6. The Morgan fingerprint density at radius 2 is 1.89 bits per heavy atom. The molecule has 1 fully saturated rings. The van der Waals surface area contributed by atoms with Gasteiger partial charge in [-0.05, 0) is 32.8 Å². The van der Waals surface area contributed by atoms with Gasteiger partial charge in [0.15, 0.2) is 6.61 Å². The highest BCUT2D eigenvalue weighted by molar-refractivity contribution is 5.96. The van der Waals surface area contributed by atoms with Crippen LogP contribution >= 0.6 is 0 Å². The number of carbonyl (C=O) groups excluding carboxylic acids is 3. The second-order valence-corrected chi connectivity index (χ2v) is 6.66. The number of fused-ring (bicyclic) bond motifs is 1. The van der Waals surface area contributed by atoms with Crippen molar-refractivity contribution in [2.75, 3.05) is 26.3 Å². The Morgan fingerprint density at radius 3 is 2.57 bits per heavy atom. The maximum Gasteiger partial charge on any atom is 0.409 e. The molecule has 28 heavy (non-hydrogen) atoms. The van der Waals surface area contributed by atoms with Crippen molar-refractivity contribution in [3.8, 4) is 0 Å². The van der Waals surface area contributed by atoms with Crippen LogP contribution in [-0.2, 0) is 14.3 Å². The Labute approximate surface area is 162 Å². The molecule has 1 aromatic carbocycles. The van der Waals surface area contributed by atoms with E-state index in [2.05, 4.69) is 5.32 Å². The highest BCUT2D eigenvalue weighted by Gasteiger charge is 2.25. The molecule has 150 valence electrons. The van der Waals surface area contributed by atoms with Gasteiger partial charge in [0, 0.05) is 30.1 Å². The van der Waals surface area contributed by atoms with Crippen LogP contribution in [0.15, 0.2) is 28.7 Å². The molecule has 0 spiro atoms. The van der Waals surface area contributed by atoms with Crippen molar-refractivity contribution >= 4 is 28.9 Å². The first-order valence-corrected chi connectivity index (χ1v) is 9.36. The number of piperidine rings is 1. The number of hydrogen-bond donors (Lipinski definition) is 1. The van der Waals surface area contributed by atoms with E-state index >= 15 is 0 Å². The fourth-order valence-corrected chi connectivity index (χ4v) is 3.26. The fraction of sp³-hybridized carbons (Fsp3) is 0.450. The van der Waals surface area contributed by atoms with Gasteiger partial charge in [-0.25, -0.2) is 9.59 Å². The third kappa shape index (κ3) is 4.44. The zero-order chi connectivity index (χ0) is 20.1. The summed E-state index contributed by atoms with van der Waals surface area (Å²) >= 11 is 0. The molecule has 0 saturated carbocycles. The number of nitrogens with one attached hydrogen (secondary N) is 1. The van der Waals surface area contributed by atoms with E-state index in [4.69, 9.17) is 13.9 Å². The van der Waals surface area contributed by atoms with E-state index in [9.17, 15) is 14.4 Å². The zero-order valence-corrected chi connectivity index (χ0v) is 16.0. The molecule has 3 rings (SSSR count). The van der Waals surface area contributed by atoms with Gasteiger partial charge in [-0.2, -0.15) is 0 Å². The third-order valence-electron chi connectivity index (χ3n) is 4.75. The molecule has 1 aromatic heterocycles. The van der Waals surface area contributed by atoms with E-state index in [1.54, 1.807) is 24.8 Å². The van der Waals surface area contributed by atoms with Crippen molar-refractivity contribution in [1.82, 2.24) is 10.2 Å². The molecule has 0 radical (unpaired) electrons.